The Kier molecular flexibility index (Phi) is 5.20. The molecule has 1 saturated heterocycles. The van der Waals surface area contributed by atoms with Gasteiger partial charge < -0.3 is 15.7 Å². The highest BCUT2D eigenvalue weighted by Gasteiger charge is 2.38. The third kappa shape index (κ3) is 3.59. The van der Waals surface area contributed by atoms with E-state index in [1.54, 1.807) is 0 Å². The second-order valence-electron chi connectivity index (χ2n) is 6.25. The summed E-state index contributed by atoms with van der Waals surface area (Å²) in [6.45, 7) is 5.88. The molecule has 4 unspecified atom stereocenters. The Labute approximate surface area is 126 Å². The Morgan fingerprint density at radius 2 is 2.20 bits per heavy atom. The van der Waals surface area contributed by atoms with Crippen molar-refractivity contribution in [3.63, 3.8) is 0 Å². The zero-order valence-corrected chi connectivity index (χ0v) is 13.7. The fourth-order valence-electron chi connectivity index (χ4n) is 3.19. The number of likely N-dealkylation sites (tertiary alicyclic amines) is 1. The molecule has 2 heterocycles. The highest BCUT2D eigenvalue weighted by atomic mass is 32.1. The topological polar surface area (TPSA) is 52.7 Å². The molecular weight excluding hydrogens is 270 g/mol. The van der Waals surface area contributed by atoms with Crippen LogP contribution in [0.3, 0.4) is 0 Å². The van der Waals surface area contributed by atoms with Crippen molar-refractivity contribution >= 4 is 11.3 Å². The summed E-state index contributed by atoms with van der Waals surface area (Å²) in [5.74, 6) is 0. The molecule has 114 valence electrons. The summed E-state index contributed by atoms with van der Waals surface area (Å²) in [7, 11) is 4.16. The molecule has 0 aliphatic carbocycles. The summed E-state index contributed by atoms with van der Waals surface area (Å²) in [6, 6.07) is 4.98. The Bertz CT molecular complexity index is 433. The molecule has 0 aromatic carbocycles. The Morgan fingerprint density at radius 3 is 2.70 bits per heavy atom. The van der Waals surface area contributed by atoms with Gasteiger partial charge in [0, 0.05) is 34.9 Å². The van der Waals surface area contributed by atoms with E-state index in [2.05, 4.69) is 49.9 Å². The number of nitrogens with two attached hydrogens (primary N) is 1. The average molecular weight is 297 g/mol. The normalized spacial score (nSPS) is 27.1. The molecule has 2 rings (SSSR count). The van der Waals surface area contributed by atoms with E-state index in [4.69, 9.17) is 5.73 Å². The zero-order valence-electron chi connectivity index (χ0n) is 12.9. The van der Waals surface area contributed by atoms with Gasteiger partial charge >= 0.3 is 0 Å². The molecule has 20 heavy (non-hydrogen) atoms. The summed E-state index contributed by atoms with van der Waals surface area (Å²) < 4.78 is 0. The van der Waals surface area contributed by atoms with Crippen molar-refractivity contribution < 1.29 is 5.11 Å². The van der Waals surface area contributed by atoms with E-state index < -0.39 is 0 Å². The number of aryl methyl sites for hydroxylation is 1. The third-order valence-electron chi connectivity index (χ3n) is 3.92. The van der Waals surface area contributed by atoms with Crippen molar-refractivity contribution in [3.05, 3.63) is 21.9 Å². The lowest BCUT2D eigenvalue weighted by molar-refractivity contribution is 0.125. The summed E-state index contributed by atoms with van der Waals surface area (Å²) in [6.07, 6.45) is 0.605. The molecule has 0 radical (unpaired) electrons. The smallest absolute Gasteiger partial charge is 0.0682 e. The fraction of sp³-hybridized carbons (Fsp3) is 0.733. The molecule has 4 atom stereocenters. The maximum atomic E-state index is 10.1. The lowest BCUT2D eigenvalue weighted by atomic mass is 10.1. The number of hydrogen-bond acceptors (Lipinski definition) is 5. The van der Waals surface area contributed by atoms with Crippen molar-refractivity contribution in [2.45, 2.75) is 44.5 Å². The maximum absolute atomic E-state index is 10.1. The van der Waals surface area contributed by atoms with Crippen LogP contribution in [0.15, 0.2) is 12.1 Å². The number of aliphatic hydroxyl groups excluding tert-OH is 1. The molecule has 1 aliphatic heterocycles. The monoisotopic (exact) mass is 297 g/mol. The van der Waals surface area contributed by atoms with Crippen LogP contribution in [0.4, 0.5) is 0 Å². The number of hydrogen-bond donors (Lipinski definition) is 2. The molecule has 3 N–H and O–H groups in total. The first-order chi connectivity index (χ1) is 9.38. The first kappa shape index (κ1) is 15.9. The first-order valence-electron chi connectivity index (χ1n) is 7.29. The predicted octanol–water partition coefficient (Wildman–Crippen LogP) is 1.44. The quantitative estimate of drug-likeness (QED) is 0.863. The highest BCUT2D eigenvalue weighted by Crippen LogP contribution is 2.35. The molecule has 1 aliphatic rings. The van der Waals surface area contributed by atoms with Crippen LogP contribution in [-0.4, -0.2) is 60.3 Å². The fourth-order valence-corrected chi connectivity index (χ4v) is 4.31. The van der Waals surface area contributed by atoms with E-state index in [0.29, 0.717) is 6.04 Å². The van der Waals surface area contributed by atoms with Gasteiger partial charge in [-0.05, 0) is 46.5 Å². The van der Waals surface area contributed by atoms with Crippen LogP contribution < -0.4 is 5.73 Å². The van der Waals surface area contributed by atoms with Crippen molar-refractivity contribution in [3.8, 4) is 0 Å². The zero-order chi connectivity index (χ0) is 14.9. The molecular formula is C15H27N3OS. The number of likely N-dealkylation sites (N-methyl/N-ethyl adjacent to an activating group) is 1. The van der Waals surface area contributed by atoms with Gasteiger partial charge in [-0.2, -0.15) is 0 Å². The van der Waals surface area contributed by atoms with Crippen LogP contribution in [0, 0.1) is 6.92 Å². The van der Waals surface area contributed by atoms with Gasteiger partial charge in [0.1, 0.15) is 0 Å². The van der Waals surface area contributed by atoms with Crippen molar-refractivity contribution in [1.29, 1.82) is 0 Å². The first-order valence-corrected chi connectivity index (χ1v) is 8.10. The minimum absolute atomic E-state index is 0.0583. The number of β-amino-alcohol motifs (C(OH)–C–C–N with tert-alkyl or cyclic N) is 1. The molecule has 4 nitrogen and oxygen atoms in total. The molecule has 0 amide bonds. The minimum Gasteiger partial charge on any atom is -0.392 e. The average Bonchev–Trinajstić information content (AvgIpc) is 2.86. The Balaban J connectivity index is 2.23. The van der Waals surface area contributed by atoms with E-state index in [1.165, 1.54) is 9.75 Å². The molecule has 1 fully saturated rings. The van der Waals surface area contributed by atoms with Crippen LogP contribution in [0.1, 0.15) is 29.1 Å². The number of nitrogens with zero attached hydrogens (tertiary/aromatic N) is 2. The van der Waals surface area contributed by atoms with Gasteiger partial charge in [-0.15, -0.1) is 11.3 Å². The van der Waals surface area contributed by atoms with Crippen LogP contribution in [0.25, 0.3) is 0 Å². The number of thiophene rings is 1. The van der Waals surface area contributed by atoms with E-state index in [9.17, 15) is 5.11 Å². The molecule has 0 bridgehead atoms. The lowest BCUT2D eigenvalue weighted by Gasteiger charge is -2.35. The van der Waals surface area contributed by atoms with Gasteiger partial charge in [0.25, 0.3) is 0 Å². The van der Waals surface area contributed by atoms with E-state index >= 15 is 0 Å². The second kappa shape index (κ2) is 6.54. The van der Waals surface area contributed by atoms with Gasteiger partial charge in [0.05, 0.1) is 12.1 Å². The predicted molar refractivity (Wildman–Crippen MR) is 85.1 cm³/mol. The van der Waals surface area contributed by atoms with E-state index in [0.717, 1.165) is 19.5 Å². The summed E-state index contributed by atoms with van der Waals surface area (Å²) in [5.41, 5.74) is 6.27. The van der Waals surface area contributed by atoms with Crippen molar-refractivity contribution in [2.24, 2.45) is 5.73 Å². The molecule has 0 saturated carbocycles. The Morgan fingerprint density at radius 1 is 1.50 bits per heavy atom. The van der Waals surface area contributed by atoms with Crippen molar-refractivity contribution in [1.82, 2.24) is 9.80 Å². The van der Waals surface area contributed by atoms with E-state index in [-0.39, 0.29) is 18.2 Å². The number of rotatable bonds is 5. The van der Waals surface area contributed by atoms with E-state index in [1.807, 2.05) is 11.3 Å². The molecule has 5 heteroatoms. The highest BCUT2D eigenvalue weighted by molar-refractivity contribution is 7.12. The van der Waals surface area contributed by atoms with Gasteiger partial charge in [-0.3, -0.25) is 4.90 Å². The largest absolute Gasteiger partial charge is 0.392 e. The lowest BCUT2D eigenvalue weighted by Crippen LogP contribution is -2.45. The Hall–Kier alpha value is -0.460. The summed E-state index contributed by atoms with van der Waals surface area (Å²) >= 11 is 1.82. The van der Waals surface area contributed by atoms with Gasteiger partial charge in [0.15, 0.2) is 0 Å². The summed E-state index contributed by atoms with van der Waals surface area (Å²) in [5, 5.41) is 10.1. The second-order valence-corrected chi connectivity index (χ2v) is 7.57. The SMILES string of the molecule is Cc1ccc(C(C(C)N)N2CC(O)CC2CN(C)C)s1. The van der Waals surface area contributed by atoms with Gasteiger partial charge in [-0.25, -0.2) is 0 Å². The molecule has 1 aromatic rings. The van der Waals surface area contributed by atoms with Crippen LogP contribution >= 0.6 is 11.3 Å². The maximum Gasteiger partial charge on any atom is 0.0682 e. The summed E-state index contributed by atoms with van der Waals surface area (Å²) in [4.78, 5) is 7.22. The van der Waals surface area contributed by atoms with Gasteiger partial charge in [0.2, 0.25) is 0 Å². The van der Waals surface area contributed by atoms with Crippen LogP contribution in [0.5, 0.6) is 0 Å². The van der Waals surface area contributed by atoms with Crippen LogP contribution in [0.2, 0.25) is 0 Å². The van der Waals surface area contributed by atoms with Crippen LogP contribution in [-0.2, 0) is 0 Å². The molecule has 0 spiro atoms. The van der Waals surface area contributed by atoms with Crippen molar-refractivity contribution in [2.75, 3.05) is 27.2 Å². The standard InChI is InChI=1S/C15H27N3OS/c1-10-5-6-14(20-10)15(11(2)16)18-9-13(19)7-12(18)8-17(3)4/h5-6,11-13,15,19H,7-9,16H2,1-4H3. The van der Waals surface area contributed by atoms with Gasteiger partial charge in [-0.1, -0.05) is 0 Å². The minimum atomic E-state index is -0.234. The number of aliphatic hydroxyl groups is 1. The molecule has 1 aromatic heterocycles. The third-order valence-corrected chi connectivity index (χ3v) is 4.99.